The first-order chi connectivity index (χ1) is 11.3. The average Bonchev–Trinajstić information content (AvgIpc) is 3.10. The Morgan fingerprint density at radius 1 is 1.38 bits per heavy atom. The summed E-state index contributed by atoms with van der Waals surface area (Å²) in [5, 5.41) is 20.3. The van der Waals surface area contributed by atoms with Crippen LogP contribution in [-0.2, 0) is 18.3 Å². The van der Waals surface area contributed by atoms with Crippen molar-refractivity contribution in [2.75, 3.05) is 19.5 Å². The van der Waals surface area contributed by atoms with Gasteiger partial charge in [-0.3, -0.25) is 13.6 Å². The van der Waals surface area contributed by atoms with E-state index < -0.39 is 39.0 Å². The standard InChI is InChI=1S/C11H16N5O7P/c1-21-24(19,20)22-2-5-7(17)8(18)11(23-5)16-4-15-6-9(12)13-3-14-10(6)16/h3-5,7-8,11,17-18H,2H2,1H3,(H,19,20)(H2,12,13,14)/t5-,7?,8?,11-/m1/s1. The van der Waals surface area contributed by atoms with Crippen LogP contribution >= 0.6 is 7.82 Å². The lowest BCUT2D eigenvalue weighted by Gasteiger charge is -2.16. The predicted molar refractivity (Wildman–Crippen MR) is 78.4 cm³/mol. The van der Waals surface area contributed by atoms with Gasteiger partial charge in [0.15, 0.2) is 17.7 Å². The molecule has 0 amide bonds. The third-order valence-corrected chi connectivity index (χ3v) is 4.57. The summed E-state index contributed by atoms with van der Waals surface area (Å²) in [6.45, 7) is -0.458. The fraction of sp³-hybridized carbons (Fsp3) is 0.545. The normalized spacial score (nSPS) is 29.8. The van der Waals surface area contributed by atoms with Crippen LogP contribution in [0.2, 0.25) is 0 Å². The molecule has 1 saturated heterocycles. The van der Waals surface area contributed by atoms with Crippen molar-refractivity contribution >= 4 is 24.8 Å². The smallest absolute Gasteiger partial charge is 0.387 e. The van der Waals surface area contributed by atoms with Gasteiger partial charge in [0.1, 0.15) is 30.2 Å². The second-order valence-corrected chi connectivity index (χ2v) is 6.64. The molecule has 1 aliphatic heterocycles. The second-order valence-electron chi connectivity index (χ2n) is 5.08. The van der Waals surface area contributed by atoms with E-state index in [1.165, 1.54) is 17.2 Å². The Bertz CT molecular complexity index is 785. The molecule has 5 atom stereocenters. The van der Waals surface area contributed by atoms with E-state index in [2.05, 4.69) is 24.0 Å². The highest BCUT2D eigenvalue weighted by Gasteiger charge is 2.45. The summed E-state index contributed by atoms with van der Waals surface area (Å²) in [6, 6.07) is 0. The first-order valence-electron chi connectivity index (χ1n) is 6.81. The minimum absolute atomic E-state index is 0.160. The third-order valence-electron chi connectivity index (χ3n) is 3.63. The van der Waals surface area contributed by atoms with Gasteiger partial charge in [-0.25, -0.2) is 19.5 Å². The topological polar surface area (TPSA) is 175 Å². The maximum absolute atomic E-state index is 11.3. The summed E-state index contributed by atoms with van der Waals surface area (Å²) in [7, 11) is -3.22. The zero-order chi connectivity index (χ0) is 17.5. The van der Waals surface area contributed by atoms with E-state index in [0.717, 1.165) is 7.11 Å². The number of nitrogens with two attached hydrogens (primary N) is 1. The number of nitrogens with zero attached hydrogens (tertiary/aromatic N) is 4. The molecule has 3 heterocycles. The molecule has 3 rings (SSSR count). The lowest BCUT2D eigenvalue weighted by Crippen LogP contribution is -2.33. The Balaban J connectivity index is 1.82. The van der Waals surface area contributed by atoms with Gasteiger partial charge in [0.05, 0.1) is 12.9 Å². The number of hydrogen-bond acceptors (Lipinski definition) is 10. The summed E-state index contributed by atoms with van der Waals surface area (Å²) in [6.07, 6.45) is -2.22. The van der Waals surface area contributed by atoms with Crippen LogP contribution in [0.1, 0.15) is 6.23 Å². The van der Waals surface area contributed by atoms with Gasteiger partial charge in [-0.05, 0) is 0 Å². The minimum Gasteiger partial charge on any atom is -0.387 e. The average molecular weight is 361 g/mol. The highest BCUT2D eigenvalue weighted by atomic mass is 31.2. The molecule has 2 aromatic heterocycles. The molecular formula is C11H16N5O7P. The van der Waals surface area contributed by atoms with Crippen molar-refractivity contribution in [3.63, 3.8) is 0 Å². The third kappa shape index (κ3) is 3.00. The fourth-order valence-electron chi connectivity index (χ4n) is 2.37. The molecule has 3 unspecified atom stereocenters. The van der Waals surface area contributed by atoms with Gasteiger partial charge in [0, 0.05) is 7.11 Å². The van der Waals surface area contributed by atoms with E-state index in [4.69, 9.17) is 10.5 Å². The summed E-state index contributed by atoms with van der Waals surface area (Å²) in [5.41, 5.74) is 6.33. The van der Waals surface area contributed by atoms with Crippen LogP contribution in [0.15, 0.2) is 12.7 Å². The van der Waals surface area contributed by atoms with Crippen molar-refractivity contribution in [3.05, 3.63) is 12.7 Å². The highest BCUT2D eigenvalue weighted by Crippen LogP contribution is 2.43. The maximum atomic E-state index is 11.3. The van der Waals surface area contributed by atoms with Gasteiger partial charge in [0.25, 0.3) is 0 Å². The van der Waals surface area contributed by atoms with Crippen LogP contribution in [-0.4, -0.2) is 66.7 Å². The lowest BCUT2D eigenvalue weighted by atomic mass is 10.1. The van der Waals surface area contributed by atoms with Gasteiger partial charge in [-0.1, -0.05) is 0 Å². The number of rotatable bonds is 5. The van der Waals surface area contributed by atoms with E-state index >= 15 is 0 Å². The van der Waals surface area contributed by atoms with E-state index in [1.807, 2.05) is 0 Å². The molecule has 0 saturated carbocycles. The first-order valence-corrected chi connectivity index (χ1v) is 8.31. The number of phosphoric acid groups is 1. The van der Waals surface area contributed by atoms with Crippen molar-refractivity contribution in [2.24, 2.45) is 0 Å². The number of anilines is 1. The quantitative estimate of drug-likeness (QED) is 0.470. The maximum Gasteiger partial charge on any atom is 0.472 e. The number of ether oxygens (including phenoxy) is 1. The fourth-order valence-corrected chi connectivity index (χ4v) is 2.81. The van der Waals surface area contributed by atoms with E-state index in [9.17, 15) is 19.7 Å². The largest absolute Gasteiger partial charge is 0.472 e. The van der Waals surface area contributed by atoms with Crippen LogP contribution in [0.5, 0.6) is 0 Å². The van der Waals surface area contributed by atoms with Gasteiger partial charge in [0.2, 0.25) is 0 Å². The minimum atomic E-state index is -4.23. The summed E-state index contributed by atoms with van der Waals surface area (Å²) in [4.78, 5) is 21.1. The molecule has 0 radical (unpaired) electrons. The van der Waals surface area contributed by atoms with Crippen LogP contribution in [0.25, 0.3) is 11.2 Å². The first kappa shape index (κ1) is 17.2. The molecule has 132 valence electrons. The van der Waals surface area contributed by atoms with Crippen LogP contribution < -0.4 is 5.73 Å². The van der Waals surface area contributed by atoms with E-state index in [1.54, 1.807) is 0 Å². The SMILES string of the molecule is COP(=O)(O)OC[C@H]1O[C@@H](n2cnc3c(N)ncnc32)C(O)C1O. The number of aliphatic hydroxyl groups is 2. The number of hydrogen-bond donors (Lipinski definition) is 4. The number of fused-ring (bicyclic) bond motifs is 1. The molecule has 1 aliphatic rings. The molecule has 13 heteroatoms. The molecule has 0 bridgehead atoms. The van der Waals surface area contributed by atoms with Crippen molar-refractivity contribution in [2.45, 2.75) is 24.5 Å². The Morgan fingerprint density at radius 2 is 2.12 bits per heavy atom. The highest BCUT2D eigenvalue weighted by molar-refractivity contribution is 7.47. The Labute approximate surface area is 135 Å². The predicted octanol–water partition coefficient (Wildman–Crippen LogP) is -1.21. The molecule has 2 aromatic rings. The van der Waals surface area contributed by atoms with Crippen molar-refractivity contribution < 1.29 is 33.5 Å². The zero-order valence-corrected chi connectivity index (χ0v) is 13.4. The van der Waals surface area contributed by atoms with Crippen molar-refractivity contribution in [3.8, 4) is 0 Å². The second kappa shape index (κ2) is 6.33. The van der Waals surface area contributed by atoms with Gasteiger partial charge in [-0.2, -0.15) is 0 Å². The molecule has 12 nitrogen and oxygen atoms in total. The van der Waals surface area contributed by atoms with E-state index in [-0.39, 0.29) is 5.82 Å². The molecule has 0 aromatic carbocycles. The van der Waals surface area contributed by atoms with Crippen molar-refractivity contribution in [1.82, 2.24) is 19.5 Å². The Kier molecular flexibility index (Phi) is 4.53. The zero-order valence-electron chi connectivity index (χ0n) is 12.5. The number of phosphoric ester groups is 1. The monoisotopic (exact) mass is 361 g/mol. The number of imidazole rings is 1. The molecular weight excluding hydrogens is 345 g/mol. The number of aliphatic hydroxyl groups excluding tert-OH is 2. The van der Waals surface area contributed by atoms with Gasteiger partial charge >= 0.3 is 7.82 Å². The molecule has 5 N–H and O–H groups in total. The van der Waals surface area contributed by atoms with Gasteiger partial charge < -0.3 is 25.6 Å². The number of nitrogen functional groups attached to an aromatic ring is 1. The van der Waals surface area contributed by atoms with Crippen LogP contribution in [0.4, 0.5) is 5.82 Å². The molecule has 1 fully saturated rings. The summed E-state index contributed by atoms with van der Waals surface area (Å²) >= 11 is 0. The summed E-state index contributed by atoms with van der Waals surface area (Å²) in [5.74, 6) is 0.160. The number of aromatic nitrogens is 4. The molecule has 0 spiro atoms. The Hall–Kier alpha value is -1.66. The lowest BCUT2D eigenvalue weighted by molar-refractivity contribution is -0.0509. The van der Waals surface area contributed by atoms with E-state index in [0.29, 0.717) is 11.2 Å². The summed E-state index contributed by atoms with van der Waals surface area (Å²) < 4.78 is 27.2. The molecule has 0 aliphatic carbocycles. The molecule has 24 heavy (non-hydrogen) atoms. The van der Waals surface area contributed by atoms with Crippen molar-refractivity contribution in [1.29, 1.82) is 0 Å². The van der Waals surface area contributed by atoms with Crippen LogP contribution in [0, 0.1) is 0 Å². The van der Waals surface area contributed by atoms with Crippen LogP contribution in [0.3, 0.4) is 0 Å². The Morgan fingerprint density at radius 3 is 2.83 bits per heavy atom. The van der Waals surface area contributed by atoms with Gasteiger partial charge in [-0.15, -0.1) is 0 Å².